The van der Waals surface area contributed by atoms with Crippen molar-refractivity contribution in [1.29, 1.82) is 0 Å². The quantitative estimate of drug-likeness (QED) is 0.338. The van der Waals surface area contributed by atoms with Crippen LogP contribution < -0.4 is 21.8 Å². The molecule has 0 saturated heterocycles. The van der Waals surface area contributed by atoms with Gasteiger partial charge < -0.3 is 16.8 Å². The number of hydrogen-bond donors (Lipinski definition) is 4. The number of anilines is 2. The van der Waals surface area contributed by atoms with Crippen LogP contribution in [0.25, 0.3) is 0 Å². The maximum Gasteiger partial charge on any atom is 0.233 e. The summed E-state index contributed by atoms with van der Waals surface area (Å²) in [6.07, 6.45) is 0. The molecule has 0 heterocycles. The number of benzene rings is 1. The molecule has 0 saturated carbocycles. The van der Waals surface area contributed by atoms with Crippen molar-refractivity contribution in [2.75, 3.05) is 18.1 Å². The van der Waals surface area contributed by atoms with Crippen LogP contribution in [0.2, 0.25) is 0 Å². The van der Waals surface area contributed by atoms with Crippen molar-refractivity contribution < 1.29 is 10.7 Å². The zero-order valence-corrected chi connectivity index (χ0v) is 10.5. The van der Waals surface area contributed by atoms with E-state index in [0.717, 1.165) is 26.2 Å². The van der Waals surface area contributed by atoms with Crippen LogP contribution in [0.4, 0.5) is 22.7 Å². The number of hydrogen-bond acceptors (Lipinski definition) is 2. The summed E-state index contributed by atoms with van der Waals surface area (Å²) in [5, 5.41) is 3.05. The first-order valence-electron chi connectivity index (χ1n) is 4.18. The number of rotatable bonds is 2. The van der Waals surface area contributed by atoms with Gasteiger partial charge >= 0.3 is 0 Å². The van der Waals surface area contributed by atoms with E-state index in [1.54, 1.807) is 0 Å². The molecule has 4 nitrogen and oxygen atoms in total. The fraction of sp³-hybridized carbons (Fsp3) is 0.222. The number of nitrogens with two attached hydrogens (primary N) is 1. The Morgan fingerprint density at radius 1 is 1.57 bits per heavy atom. The Hall–Kier alpha value is -0.820. The van der Waals surface area contributed by atoms with Crippen LogP contribution in [0.3, 0.4) is 0 Å². The molecule has 1 aromatic carbocycles. The largest absolute Gasteiger partial charge is 0.392 e. The highest BCUT2D eigenvalue weighted by molar-refractivity contribution is 14.1. The van der Waals surface area contributed by atoms with Crippen molar-refractivity contribution in [3.63, 3.8) is 0 Å². The first-order valence-corrected chi connectivity index (χ1v) is 5.26. The van der Waals surface area contributed by atoms with Gasteiger partial charge in [0.05, 0.1) is 3.57 Å². The third-order valence-electron chi connectivity index (χ3n) is 2.24. The second-order valence-corrected chi connectivity index (χ2v) is 4.09. The molecular weight excluding hydrogens is 291 g/mol. The summed E-state index contributed by atoms with van der Waals surface area (Å²) in [6.45, 7) is 5.69. The fourth-order valence-electron chi connectivity index (χ4n) is 1.41. The lowest BCUT2D eigenvalue weighted by molar-refractivity contribution is -0.341. The highest BCUT2D eigenvalue weighted by Gasteiger charge is 2.21. The average Bonchev–Trinajstić information content (AvgIpc) is 2.20. The van der Waals surface area contributed by atoms with Crippen LogP contribution in [0.1, 0.15) is 5.56 Å². The topological polar surface area (TPSA) is 79.7 Å². The Labute approximate surface area is 96.9 Å². The van der Waals surface area contributed by atoms with E-state index >= 15 is 0 Å². The molecule has 0 unspecified atom stereocenters. The molecule has 5 heteroatoms. The normalized spacial score (nSPS) is 10.0. The van der Waals surface area contributed by atoms with E-state index in [1.165, 1.54) is 0 Å². The van der Waals surface area contributed by atoms with Gasteiger partial charge in [0.1, 0.15) is 18.1 Å². The van der Waals surface area contributed by atoms with E-state index in [9.17, 15) is 0 Å². The predicted molar refractivity (Wildman–Crippen MR) is 68.1 cm³/mol. The van der Waals surface area contributed by atoms with Gasteiger partial charge in [-0.15, -0.1) is 0 Å². The van der Waals surface area contributed by atoms with E-state index in [1.807, 2.05) is 14.0 Å². The lowest BCUT2D eigenvalue weighted by Gasteiger charge is -2.10. The minimum Gasteiger partial charge on any atom is -0.392 e. The van der Waals surface area contributed by atoms with Gasteiger partial charge in [-0.2, -0.15) is 0 Å². The molecule has 76 valence electrons. The Morgan fingerprint density at radius 2 is 2.14 bits per heavy atom. The van der Waals surface area contributed by atoms with Gasteiger partial charge in [0, 0.05) is 12.6 Å². The SMILES string of the molecule is C=[NH+]c1c(C)c(I)c([NH3+])c(N)c1NC. The highest BCUT2D eigenvalue weighted by Crippen LogP contribution is 2.36. The number of nitrogen functional groups attached to an aromatic ring is 1. The van der Waals surface area contributed by atoms with Crippen LogP contribution in [0, 0.1) is 10.5 Å². The van der Waals surface area contributed by atoms with Crippen LogP contribution >= 0.6 is 22.6 Å². The molecule has 0 aliphatic carbocycles. The maximum atomic E-state index is 5.94. The van der Waals surface area contributed by atoms with Gasteiger partial charge in [-0.3, -0.25) is 0 Å². The summed E-state index contributed by atoms with van der Waals surface area (Å²) in [4.78, 5) is 2.90. The molecule has 0 aliphatic rings. The molecular formula is C9H15IN4+2. The van der Waals surface area contributed by atoms with E-state index in [0.29, 0.717) is 5.69 Å². The molecule has 1 rings (SSSR count). The molecule has 0 radical (unpaired) electrons. The van der Waals surface area contributed by atoms with Crippen LogP contribution in [-0.4, -0.2) is 13.8 Å². The Morgan fingerprint density at radius 3 is 2.57 bits per heavy atom. The molecule has 1 aromatic rings. The molecule has 0 spiro atoms. The molecule has 7 N–H and O–H groups in total. The van der Waals surface area contributed by atoms with Crippen molar-refractivity contribution in [3.8, 4) is 0 Å². The summed E-state index contributed by atoms with van der Waals surface area (Å²) < 4.78 is 1.07. The van der Waals surface area contributed by atoms with Gasteiger partial charge in [0.2, 0.25) is 5.69 Å². The summed E-state index contributed by atoms with van der Waals surface area (Å²) in [5.41, 5.74) is 14.3. The van der Waals surface area contributed by atoms with Crippen LogP contribution in [-0.2, 0) is 0 Å². The molecule has 0 fully saturated rings. The third-order valence-corrected chi connectivity index (χ3v) is 3.70. The van der Waals surface area contributed by atoms with Crippen LogP contribution in [0.15, 0.2) is 0 Å². The second kappa shape index (κ2) is 4.14. The summed E-state index contributed by atoms with van der Waals surface area (Å²) >= 11 is 2.24. The molecule has 0 aliphatic heterocycles. The minimum atomic E-state index is 0.675. The third kappa shape index (κ3) is 1.57. The lowest BCUT2D eigenvalue weighted by Crippen LogP contribution is -2.59. The number of nitrogens with one attached hydrogen (secondary N) is 2. The molecule has 0 bridgehead atoms. The van der Waals surface area contributed by atoms with Gasteiger partial charge in [-0.25, -0.2) is 4.99 Å². The van der Waals surface area contributed by atoms with Crippen molar-refractivity contribution in [2.24, 2.45) is 0 Å². The molecule has 14 heavy (non-hydrogen) atoms. The lowest BCUT2D eigenvalue weighted by atomic mass is 10.1. The average molecular weight is 306 g/mol. The Balaban J connectivity index is 3.65. The smallest absolute Gasteiger partial charge is 0.233 e. The fourth-order valence-corrected chi connectivity index (χ4v) is 1.97. The van der Waals surface area contributed by atoms with E-state index < -0.39 is 0 Å². The van der Waals surface area contributed by atoms with Crippen molar-refractivity contribution in [1.82, 2.24) is 0 Å². The van der Waals surface area contributed by atoms with Gasteiger partial charge in [0.15, 0.2) is 5.69 Å². The summed E-state index contributed by atoms with van der Waals surface area (Å²) in [5.74, 6) is 0. The van der Waals surface area contributed by atoms with Crippen molar-refractivity contribution in [3.05, 3.63) is 9.13 Å². The van der Waals surface area contributed by atoms with Gasteiger partial charge in [0.25, 0.3) is 0 Å². The molecule has 0 atom stereocenters. The predicted octanol–water partition coefficient (Wildman–Crippen LogP) is -0.490. The minimum absolute atomic E-state index is 0.675. The monoisotopic (exact) mass is 306 g/mol. The first kappa shape index (κ1) is 11.3. The van der Waals surface area contributed by atoms with Crippen molar-refractivity contribution >= 4 is 52.1 Å². The number of quaternary nitrogens is 1. The van der Waals surface area contributed by atoms with Crippen molar-refractivity contribution in [2.45, 2.75) is 6.92 Å². The maximum absolute atomic E-state index is 5.94. The second-order valence-electron chi connectivity index (χ2n) is 3.01. The van der Waals surface area contributed by atoms with Gasteiger partial charge in [-0.1, -0.05) is 0 Å². The summed E-state index contributed by atoms with van der Waals surface area (Å²) in [6, 6.07) is 0. The van der Waals surface area contributed by atoms with E-state index in [4.69, 9.17) is 5.73 Å². The number of halogens is 1. The first-order chi connectivity index (χ1) is 6.54. The van der Waals surface area contributed by atoms with Crippen LogP contribution in [0.5, 0.6) is 0 Å². The molecule has 0 amide bonds. The van der Waals surface area contributed by atoms with E-state index in [2.05, 4.69) is 45.4 Å². The standard InChI is InChI=1S/C9H13IN4/c1-4-5(10)6(11)7(12)9(14-3)8(4)13-2/h14H,2,11-12H2,1,3H3/p+2. The zero-order valence-electron chi connectivity index (χ0n) is 8.37. The van der Waals surface area contributed by atoms with E-state index in [-0.39, 0.29) is 0 Å². The Bertz CT molecular complexity index is 387. The Kier molecular flexibility index (Phi) is 3.33. The summed E-state index contributed by atoms with van der Waals surface area (Å²) in [7, 11) is 1.83. The van der Waals surface area contributed by atoms with Gasteiger partial charge in [-0.05, 0) is 29.5 Å². The highest BCUT2D eigenvalue weighted by atomic mass is 127. The molecule has 0 aromatic heterocycles. The zero-order chi connectivity index (χ0) is 10.9.